The third kappa shape index (κ3) is 5.64. The van der Waals surface area contributed by atoms with Crippen molar-refractivity contribution in [2.45, 2.75) is 46.1 Å². The van der Waals surface area contributed by atoms with Crippen LogP contribution >= 0.6 is 11.6 Å². The van der Waals surface area contributed by atoms with Gasteiger partial charge in [0.2, 0.25) is 0 Å². The number of anilines is 1. The van der Waals surface area contributed by atoms with Crippen LogP contribution in [-0.2, 0) is 4.74 Å². The highest BCUT2D eigenvalue weighted by Gasteiger charge is 2.22. The van der Waals surface area contributed by atoms with Gasteiger partial charge in [0.1, 0.15) is 22.8 Å². The molecule has 2 N–H and O–H groups in total. The van der Waals surface area contributed by atoms with E-state index >= 15 is 0 Å². The lowest BCUT2D eigenvalue weighted by Crippen LogP contribution is -2.37. The van der Waals surface area contributed by atoms with Crippen LogP contribution in [0.3, 0.4) is 0 Å². The van der Waals surface area contributed by atoms with Crippen molar-refractivity contribution in [2.24, 2.45) is 0 Å². The highest BCUT2D eigenvalue weighted by Crippen LogP contribution is 2.19. The van der Waals surface area contributed by atoms with Gasteiger partial charge in [0, 0.05) is 18.7 Å². The Labute approximate surface area is 153 Å². The molecule has 1 aromatic heterocycles. The molecular weight excluding hydrogens is 340 g/mol. The molecule has 0 bridgehead atoms. The van der Waals surface area contributed by atoms with Gasteiger partial charge in [0.05, 0.1) is 0 Å². The Morgan fingerprint density at radius 2 is 2.04 bits per heavy atom. The second kappa shape index (κ2) is 7.75. The van der Waals surface area contributed by atoms with E-state index in [1.165, 1.54) is 0 Å². The van der Waals surface area contributed by atoms with Gasteiger partial charge >= 0.3 is 6.09 Å². The minimum atomic E-state index is -0.501. The smallest absolute Gasteiger partial charge is 0.410 e. The van der Waals surface area contributed by atoms with E-state index in [9.17, 15) is 4.79 Å². The number of nitrogens with zero attached hydrogens (tertiary/aromatic N) is 3. The maximum Gasteiger partial charge on any atom is 0.410 e. The SMILES string of the molecule is Cc1nc(N)c(C#CC2=CCCN(C(=O)OC(C)(C)C)CC2)c(Cl)n1. The van der Waals surface area contributed by atoms with Crippen molar-refractivity contribution < 1.29 is 9.53 Å². The van der Waals surface area contributed by atoms with Gasteiger partial charge in [-0.2, -0.15) is 0 Å². The molecule has 0 fully saturated rings. The normalized spacial score (nSPS) is 14.9. The van der Waals surface area contributed by atoms with Gasteiger partial charge in [0.25, 0.3) is 0 Å². The lowest BCUT2D eigenvalue weighted by molar-refractivity contribution is 0.0259. The molecule has 134 valence electrons. The molecule has 2 heterocycles. The Hall–Kier alpha value is -2.26. The number of amides is 1. The molecular formula is C18H23ClN4O2. The van der Waals surface area contributed by atoms with Gasteiger partial charge in [-0.3, -0.25) is 0 Å². The van der Waals surface area contributed by atoms with Crippen LogP contribution in [0.2, 0.25) is 5.15 Å². The van der Waals surface area contributed by atoms with Gasteiger partial charge in [-0.1, -0.05) is 29.5 Å². The van der Waals surface area contributed by atoms with Crippen molar-refractivity contribution in [3.63, 3.8) is 0 Å². The number of hydrogen-bond acceptors (Lipinski definition) is 5. The van der Waals surface area contributed by atoms with Crippen molar-refractivity contribution >= 4 is 23.5 Å². The van der Waals surface area contributed by atoms with Crippen LogP contribution in [0.5, 0.6) is 0 Å². The quantitative estimate of drug-likeness (QED) is 0.565. The molecule has 6 nitrogen and oxygen atoms in total. The molecule has 25 heavy (non-hydrogen) atoms. The zero-order chi connectivity index (χ0) is 18.6. The summed E-state index contributed by atoms with van der Waals surface area (Å²) in [4.78, 5) is 22.0. The Morgan fingerprint density at radius 1 is 1.32 bits per heavy atom. The van der Waals surface area contributed by atoms with Crippen molar-refractivity contribution in [2.75, 3.05) is 18.8 Å². The van der Waals surface area contributed by atoms with E-state index < -0.39 is 5.60 Å². The van der Waals surface area contributed by atoms with E-state index in [-0.39, 0.29) is 17.1 Å². The number of aryl methyl sites for hydroxylation is 1. The number of aromatic nitrogens is 2. The predicted molar refractivity (Wildman–Crippen MR) is 98.2 cm³/mol. The largest absolute Gasteiger partial charge is 0.444 e. The number of halogens is 1. The number of hydrogen-bond donors (Lipinski definition) is 1. The van der Waals surface area contributed by atoms with E-state index in [2.05, 4.69) is 21.8 Å². The number of nitrogen functional groups attached to an aromatic ring is 1. The molecule has 2 rings (SSSR count). The van der Waals surface area contributed by atoms with E-state index in [0.29, 0.717) is 30.9 Å². The van der Waals surface area contributed by atoms with Gasteiger partial charge in [-0.25, -0.2) is 14.8 Å². The number of ether oxygens (including phenoxy) is 1. The number of carbonyl (C=O) groups is 1. The molecule has 1 aliphatic rings. The van der Waals surface area contributed by atoms with Crippen molar-refractivity contribution in [3.05, 3.63) is 28.2 Å². The Bertz CT molecular complexity index is 734. The summed E-state index contributed by atoms with van der Waals surface area (Å²) < 4.78 is 5.42. The lowest BCUT2D eigenvalue weighted by Gasteiger charge is -2.26. The Morgan fingerprint density at radius 3 is 2.68 bits per heavy atom. The second-order valence-electron chi connectivity index (χ2n) is 6.81. The maximum absolute atomic E-state index is 12.2. The fourth-order valence-corrected chi connectivity index (χ4v) is 2.57. The molecule has 0 saturated carbocycles. The minimum Gasteiger partial charge on any atom is -0.444 e. The summed E-state index contributed by atoms with van der Waals surface area (Å²) in [6.07, 6.45) is 3.10. The molecule has 7 heteroatoms. The van der Waals surface area contributed by atoms with Crippen molar-refractivity contribution in [1.29, 1.82) is 0 Å². The second-order valence-corrected chi connectivity index (χ2v) is 7.17. The first-order chi connectivity index (χ1) is 11.7. The first-order valence-electron chi connectivity index (χ1n) is 8.14. The van der Waals surface area contributed by atoms with E-state index in [4.69, 9.17) is 22.1 Å². The number of rotatable bonds is 0. The summed E-state index contributed by atoms with van der Waals surface area (Å²) in [6, 6.07) is 0. The van der Waals surface area contributed by atoms with Crippen LogP contribution < -0.4 is 5.73 Å². The van der Waals surface area contributed by atoms with Crippen molar-refractivity contribution in [1.82, 2.24) is 14.9 Å². The number of carbonyl (C=O) groups excluding carboxylic acids is 1. The van der Waals surface area contributed by atoms with Gasteiger partial charge < -0.3 is 15.4 Å². The summed E-state index contributed by atoms with van der Waals surface area (Å²) >= 11 is 6.09. The molecule has 1 aromatic rings. The van der Waals surface area contributed by atoms with E-state index in [1.807, 2.05) is 26.8 Å². The number of nitrogens with two attached hydrogens (primary N) is 1. The van der Waals surface area contributed by atoms with Gasteiger partial charge in [-0.15, -0.1) is 0 Å². The molecule has 0 spiro atoms. The zero-order valence-electron chi connectivity index (χ0n) is 15.0. The first-order valence-corrected chi connectivity index (χ1v) is 8.52. The average Bonchev–Trinajstić information content (AvgIpc) is 2.70. The maximum atomic E-state index is 12.2. The fourth-order valence-electron chi connectivity index (χ4n) is 2.30. The lowest BCUT2D eigenvalue weighted by atomic mass is 10.1. The van der Waals surface area contributed by atoms with Crippen LogP contribution in [0.25, 0.3) is 0 Å². The summed E-state index contributed by atoms with van der Waals surface area (Å²) in [5, 5.41) is 0.252. The molecule has 1 amide bonds. The van der Waals surface area contributed by atoms with Gasteiger partial charge in [-0.05, 0) is 40.5 Å². The van der Waals surface area contributed by atoms with Crippen LogP contribution in [0, 0.1) is 18.8 Å². The first kappa shape index (κ1) is 19.1. The third-order valence-corrected chi connectivity index (χ3v) is 3.72. The van der Waals surface area contributed by atoms with Crippen LogP contribution in [0.1, 0.15) is 45.0 Å². The zero-order valence-corrected chi connectivity index (χ0v) is 15.8. The molecule has 0 radical (unpaired) electrons. The topological polar surface area (TPSA) is 81.3 Å². The highest BCUT2D eigenvalue weighted by molar-refractivity contribution is 6.30. The summed E-state index contributed by atoms with van der Waals surface area (Å²) in [5.74, 6) is 6.81. The fraction of sp³-hybridized carbons (Fsp3) is 0.500. The monoisotopic (exact) mass is 362 g/mol. The summed E-state index contributed by atoms with van der Waals surface area (Å²) in [6.45, 7) is 8.46. The minimum absolute atomic E-state index is 0.252. The standard InChI is InChI=1S/C18H23ClN4O2/c1-12-21-15(19)14(16(20)22-12)8-7-13-6-5-10-23(11-9-13)17(24)25-18(2,3)4/h6H,5,9-11H2,1-4H3,(H2,20,21,22). The molecule has 0 aromatic carbocycles. The predicted octanol–water partition coefficient (Wildman–Crippen LogP) is 3.33. The molecule has 0 saturated heterocycles. The summed E-state index contributed by atoms with van der Waals surface area (Å²) in [7, 11) is 0. The molecule has 0 aliphatic carbocycles. The Balaban J connectivity index is 2.06. The van der Waals surface area contributed by atoms with E-state index in [0.717, 1.165) is 12.0 Å². The van der Waals surface area contributed by atoms with Gasteiger partial charge in [0.15, 0.2) is 5.15 Å². The molecule has 0 atom stereocenters. The molecule has 0 unspecified atom stereocenters. The van der Waals surface area contributed by atoms with E-state index in [1.54, 1.807) is 11.8 Å². The summed E-state index contributed by atoms with van der Waals surface area (Å²) in [5.41, 5.74) is 6.73. The average molecular weight is 363 g/mol. The Kier molecular flexibility index (Phi) is 5.91. The van der Waals surface area contributed by atoms with Crippen LogP contribution in [0.15, 0.2) is 11.6 Å². The van der Waals surface area contributed by atoms with Crippen LogP contribution in [-0.4, -0.2) is 39.7 Å². The van der Waals surface area contributed by atoms with Crippen molar-refractivity contribution in [3.8, 4) is 11.8 Å². The highest BCUT2D eigenvalue weighted by atomic mass is 35.5. The molecule has 1 aliphatic heterocycles. The third-order valence-electron chi connectivity index (χ3n) is 3.45. The van der Waals surface area contributed by atoms with Crippen LogP contribution in [0.4, 0.5) is 10.6 Å².